The standard InChI is InChI=1S/C19H24F3N3O3S/c1-12(2)11-29(27,28)8-7-18(26)23-16-10-15(19(20,21)22)5-6-17(16)25-14(4)9-13(3)24-25/h5-6,9-10,12H,7-8,11H2,1-4H3,(H,23,26). The quantitative estimate of drug-likeness (QED) is 0.721. The van der Waals surface area contributed by atoms with E-state index in [4.69, 9.17) is 0 Å². The lowest BCUT2D eigenvalue weighted by Gasteiger charge is -2.16. The number of anilines is 1. The van der Waals surface area contributed by atoms with Gasteiger partial charge in [0.1, 0.15) is 0 Å². The number of halogens is 3. The number of hydrogen-bond donors (Lipinski definition) is 1. The number of nitrogens with zero attached hydrogens (tertiary/aromatic N) is 2. The molecular formula is C19H24F3N3O3S. The minimum absolute atomic E-state index is 0.0547. The summed E-state index contributed by atoms with van der Waals surface area (Å²) in [7, 11) is -3.42. The highest BCUT2D eigenvalue weighted by molar-refractivity contribution is 7.91. The molecule has 0 spiro atoms. The molecule has 0 aliphatic heterocycles. The van der Waals surface area contributed by atoms with E-state index in [9.17, 15) is 26.4 Å². The topological polar surface area (TPSA) is 81.1 Å². The third kappa shape index (κ3) is 6.31. The summed E-state index contributed by atoms with van der Waals surface area (Å²) in [4.78, 5) is 12.3. The second kappa shape index (κ2) is 8.56. The molecule has 1 amide bonds. The highest BCUT2D eigenvalue weighted by Crippen LogP contribution is 2.33. The lowest BCUT2D eigenvalue weighted by molar-refractivity contribution is -0.137. The maximum atomic E-state index is 13.1. The first kappa shape index (κ1) is 22.9. The fraction of sp³-hybridized carbons (Fsp3) is 0.474. The molecule has 10 heteroatoms. The van der Waals surface area contributed by atoms with Crippen LogP contribution in [0, 0.1) is 19.8 Å². The van der Waals surface area contributed by atoms with E-state index in [1.165, 1.54) is 10.7 Å². The van der Waals surface area contributed by atoms with E-state index in [1.54, 1.807) is 33.8 Å². The molecule has 0 bridgehead atoms. The number of nitrogens with one attached hydrogen (secondary N) is 1. The summed E-state index contributed by atoms with van der Waals surface area (Å²) in [5.74, 6) is -1.19. The summed E-state index contributed by atoms with van der Waals surface area (Å²) in [6.45, 7) is 6.98. The third-order valence-electron chi connectivity index (χ3n) is 4.06. The van der Waals surface area contributed by atoms with Crippen LogP contribution in [-0.2, 0) is 20.8 Å². The number of rotatable bonds is 7. The van der Waals surface area contributed by atoms with Gasteiger partial charge in [-0.3, -0.25) is 4.79 Å². The number of aryl methyl sites for hydroxylation is 2. The first-order valence-electron chi connectivity index (χ1n) is 9.03. The second-order valence-electron chi connectivity index (χ2n) is 7.37. The van der Waals surface area contributed by atoms with Gasteiger partial charge in [0.25, 0.3) is 0 Å². The van der Waals surface area contributed by atoms with Crippen molar-refractivity contribution in [2.75, 3.05) is 16.8 Å². The summed E-state index contributed by atoms with van der Waals surface area (Å²) in [6.07, 6.45) is -4.93. The SMILES string of the molecule is Cc1cc(C)n(-c2ccc(C(F)(F)F)cc2NC(=O)CCS(=O)(=O)CC(C)C)n1. The second-order valence-corrected chi connectivity index (χ2v) is 9.60. The summed E-state index contributed by atoms with van der Waals surface area (Å²) in [6, 6.07) is 4.72. The van der Waals surface area contributed by atoms with Crippen molar-refractivity contribution >= 4 is 21.4 Å². The molecule has 0 unspecified atom stereocenters. The Kier molecular flexibility index (Phi) is 6.77. The van der Waals surface area contributed by atoms with Crippen LogP contribution >= 0.6 is 0 Å². The minimum atomic E-state index is -4.59. The summed E-state index contributed by atoms with van der Waals surface area (Å²) in [5, 5.41) is 6.67. The molecule has 0 radical (unpaired) electrons. The molecular weight excluding hydrogens is 407 g/mol. The van der Waals surface area contributed by atoms with Gasteiger partial charge in [-0.25, -0.2) is 13.1 Å². The predicted molar refractivity (Wildman–Crippen MR) is 105 cm³/mol. The summed E-state index contributed by atoms with van der Waals surface area (Å²) in [5.41, 5.74) is 0.599. The number of benzene rings is 1. The van der Waals surface area contributed by atoms with E-state index in [2.05, 4.69) is 10.4 Å². The molecule has 1 heterocycles. The van der Waals surface area contributed by atoms with E-state index in [0.29, 0.717) is 11.4 Å². The third-order valence-corrected chi connectivity index (χ3v) is 6.06. The summed E-state index contributed by atoms with van der Waals surface area (Å²) < 4.78 is 64.8. The Hall–Kier alpha value is -2.36. The van der Waals surface area contributed by atoms with Crippen LogP contribution in [0.15, 0.2) is 24.3 Å². The van der Waals surface area contributed by atoms with Gasteiger partial charge >= 0.3 is 6.18 Å². The van der Waals surface area contributed by atoms with Crippen LogP contribution in [0.3, 0.4) is 0 Å². The van der Waals surface area contributed by atoms with Crippen molar-refractivity contribution in [3.8, 4) is 5.69 Å². The molecule has 1 aromatic heterocycles. The molecule has 0 aliphatic carbocycles. The zero-order valence-electron chi connectivity index (χ0n) is 16.7. The molecule has 2 rings (SSSR count). The molecule has 29 heavy (non-hydrogen) atoms. The van der Waals surface area contributed by atoms with Gasteiger partial charge in [-0.15, -0.1) is 0 Å². The Balaban J connectivity index is 2.31. The number of amides is 1. The number of alkyl halides is 3. The summed E-state index contributed by atoms with van der Waals surface area (Å²) >= 11 is 0. The van der Waals surface area contributed by atoms with Crippen molar-refractivity contribution in [3.63, 3.8) is 0 Å². The maximum absolute atomic E-state index is 13.1. The molecule has 2 aromatic rings. The van der Waals surface area contributed by atoms with E-state index in [-0.39, 0.29) is 35.2 Å². The van der Waals surface area contributed by atoms with Crippen LogP contribution in [-0.4, -0.2) is 35.6 Å². The zero-order valence-corrected chi connectivity index (χ0v) is 17.5. The molecule has 160 valence electrons. The molecule has 1 aromatic carbocycles. The smallest absolute Gasteiger partial charge is 0.324 e. The van der Waals surface area contributed by atoms with Gasteiger partial charge in [-0.1, -0.05) is 13.8 Å². The van der Waals surface area contributed by atoms with Crippen LogP contribution in [0.2, 0.25) is 0 Å². The average molecular weight is 431 g/mol. The first-order valence-corrected chi connectivity index (χ1v) is 10.9. The van der Waals surface area contributed by atoms with E-state index in [0.717, 1.165) is 12.1 Å². The maximum Gasteiger partial charge on any atom is 0.416 e. The Morgan fingerprint density at radius 1 is 1.21 bits per heavy atom. The Labute approximate surface area is 168 Å². The normalized spacial score (nSPS) is 12.4. The zero-order chi connectivity index (χ0) is 22.0. The predicted octanol–water partition coefficient (Wildman–Crippen LogP) is 3.91. The number of aromatic nitrogens is 2. The molecule has 0 saturated heterocycles. The van der Waals surface area contributed by atoms with Crippen molar-refractivity contribution < 1.29 is 26.4 Å². The van der Waals surface area contributed by atoms with Crippen LogP contribution in [0.5, 0.6) is 0 Å². The molecule has 0 aliphatic rings. The van der Waals surface area contributed by atoms with E-state index >= 15 is 0 Å². The Morgan fingerprint density at radius 2 is 1.86 bits per heavy atom. The van der Waals surface area contributed by atoms with Gasteiger partial charge in [0.15, 0.2) is 9.84 Å². The lowest BCUT2D eigenvalue weighted by Crippen LogP contribution is -2.22. The number of carbonyl (C=O) groups is 1. The number of carbonyl (C=O) groups excluding carboxylic acids is 1. The molecule has 0 atom stereocenters. The highest BCUT2D eigenvalue weighted by Gasteiger charge is 2.31. The highest BCUT2D eigenvalue weighted by atomic mass is 32.2. The van der Waals surface area contributed by atoms with Gasteiger partial charge < -0.3 is 5.32 Å². The van der Waals surface area contributed by atoms with Crippen LogP contribution < -0.4 is 5.32 Å². The van der Waals surface area contributed by atoms with Gasteiger partial charge in [0.05, 0.1) is 34.1 Å². The Morgan fingerprint density at radius 3 is 2.38 bits per heavy atom. The van der Waals surface area contributed by atoms with Gasteiger partial charge in [0.2, 0.25) is 5.91 Å². The van der Waals surface area contributed by atoms with Gasteiger partial charge in [-0.05, 0) is 44.0 Å². The van der Waals surface area contributed by atoms with Crippen molar-refractivity contribution in [1.29, 1.82) is 0 Å². The van der Waals surface area contributed by atoms with Crippen molar-refractivity contribution in [3.05, 3.63) is 41.2 Å². The molecule has 0 fully saturated rings. The van der Waals surface area contributed by atoms with E-state index in [1.807, 2.05) is 0 Å². The fourth-order valence-electron chi connectivity index (χ4n) is 2.92. The first-order chi connectivity index (χ1) is 13.3. The van der Waals surface area contributed by atoms with Crippen molar-refractivity contribution in [2.45, 2.75) is 40.3 Å². The molecule has 1 N–H and O–H groups in total. The average Bonchev–Trinajstić information content (AvgIpc) is 2.89. The number of sulfone groups is 1. The van der Waals surface area contributed by atoms with Crippen LogP contribution in [0.25, 0.3) is 5.69 Å². The fourth-order valence-corrected chi connectivity index (χ4v) is 4.60. The monoisotopic (exact) mass is 431 g/mol. The lowest BCUT2D eigenvalue weighted by atomic mass is 10.1. The minimum Gasteiger partial charge on any atom is -0.324 e. The van der Waals surface area contributed by atoms with Crippen molar-refractivity contribution in [2.24, 2.45) is 5.92 Å². The molecule has 6 nitrogen and oxygen atoms in total. The van der Waals surface area contributed by atoms with Crippen LogP contribution in [0.1, 0.15) is 37.2 Å². The van der Waals surface area contributed by atoms with Crippen molar-refractivity contribution in [1.82, 2.24) is 9.78 Å². The van der Waals surface area contributed by atoms with Gasteiger partial charge in [-0.2, -0.15) is 18.3 Å². The van der Waals surface area contributed by atoms with Crippen LogP contribution in [0.4, 0.5) is 18.9 Å². The van der Waals surface area contributed by atoms with E-state index < -0.39 is 27.5 Å². The Bertz CT molecular complexity index is 996. The number of hydrogen-bond acceptors (Lipinski definition) is 4. The molecule has 0 saturated carbocycles. The van der Waals surface area contributed by atoms with Gasteiger partial charge in [0, 0.05) is 12.1 Å². The largest absolute Gasteiger partial charge is 0.416 e.